The molecule has 0 spiro atoms. The summed E-state index contributed by atoms with van der Waals surface area (Å²) in [5.41, 5.74) is 0. The second kappa shape index (κ2) is 11.6. The summed E-state index contributed by atoms with van der Waals surface area (Å²) < 4.78 is 16.1. The molecule has 1 aliphatic heterocycles. The van der Waals surface area contributed by atoms with Crippen molar-refractivity contribution in [3.05, 3.63) is 0 Å². The predicted octanol–water partition coefficient (Wildman–Crippen LogP) is 1.84. The average Bonchev–Trinajstić information content (AvgIpc) is 3.16. The number of nitrogens with zero attached hydrogens (tertiary/aromatic N) is 1. The molecule has 0 unspecified atom stereocenters. The minimum atomic E-state index is -0.429. The number of rotatable bonds is 11. The summed E-state index contributed by atoms with van der Waals surface area (Å²) in [5.74, 6) is -0.301. The van der Waals surface area contributed by atoms with Crippen molar-refractivity contribution < 1.29 is 23.8 Å². The highest BCUT2D eigenvalue weighted by Crippen LogP contribution is 2.28. The highest BCUT2D eigenvalue weighted by Gasteiger charge is 2.41. The van der Waals surface area contributed by atoms with Gasteiger partial charge in [0.1, 0.15) is 0 Å². The Bertz CT molecular complexity index is 473. The Labute approximate surface area is 164 Å². The van der Waals surface area contributed by atoms with E-state index < -0.39 is 5.92 Å². The number of likely N-dealkylation sites (N-methyl/N-ethyl adjacent to an activating group) is 1. The second-order valence-corrected chi connectivity index (χ2v) is 7.49. The Hall–Kier alpha value is -1.18. The molecule has 7 nitrogen and oxygen atoms in total. The number of hydrogen-bond acceptors (Lipinski definition) is 6. The smallest absolute Gasteiger partial charge is 0.311 e. The summed E-state index contributed by atoms with van der Waals surface area (Å²) in [6, 6.07) is -0.0111. The Balaban J connectivity index is 2.89. The molecule has 0 aromatic heterocycles. The van der Waals surface area contributed by atoms with E-state index in [0.717, 1.165) is 19.3 Å². The van der Waals surface area contributed by atoms with Crippen LogP contribution in [0.1, 0.15) is 46.5 Å². The molecule has 6 atom stereocenters. The maximum absolute atomic E-state index is 13.1. The van der Waals surface area contributed by atoms with E-state index in [1.807, 2.05) is 11.9 Å². The van der Waals surface area contributed by atoms with E-state index >= 15 is 0 Å². The van der Waals surface area contributed by atoms with Gasteiger partial charge in [-0.2, -0.15) is 0 Å². The van der Waals surface area contributed by atoms with Crippen molar-refractivity contribution in [3.8, 4) is 0 Å². The molecule has 0 aromatic carbocycles. The van der Waals surface area contributed by atoms with Crippen LogP contribution in [0.4, 0.5) is 0 Å². The Morgan fingerprint density at radius 1 is 1.19 bits per heavy atom. The molecule has 27 heavy (non-hydrogen) atoms. The zero-order valence-corrected chi connectivity index (χ0v) is 18.0. The fraction of sp³-hybridized carbons (Fsp3) is 0.900. The maximum atomic E-state index is 13.1. The zero-order chi connectivity index (χ0) is 20.6. The highest BCUT2D eigenvalue weighted by molar-refractivity contribution is 5.78. The topological polar surface area (TPSA) is 77.1 Å². The van der Waals surface area contributed by atoms with Crippen molar-refractivity contribution in [2.45, 2.75) is 70.7 Å². The molecule has 0 aliphatic carbocycles. The average molecular weight is 387 g/mol. The van der Waals surface area contributed by atoms with Gasteiger partial charge in [0, 0.05) is 26.8 Å². The molecule has 1 rings (SSSR count). The van der Waals surface area contributed by atoms with Crippen molar-refractivity contribution >= 4 is 11.9 Å². The Morgan fingerprint density at radius 2 is 1.85 bits per heavy atom. The van der Waals surface area contributed by atoms with Crippen LogP contribution in [0.15, 0.2) is 0 Å². The summed E-state index contributed by atoms with van der Waals surface area (Å²) in [5, 5.41) is 3.30. The summed E-state index contributed by atoms with van der Waals surface area (Å²) in [6.07, 6.45) is 2.48. The number of carbonyl (C=O) groups is 2. The molecule has 1 heterocycles. The second-order valence-electron chi connectivity index (χ2n) is 7.49. The first-order chi connectivity index (χ1) is 12.9. The molecule has 158 valence electrons. The standard InChI is InChI=1S/C20H38N2O5/c1-8-13(2)18(21-4)16(25-5)12-17(23)22-11-9-10-15(22)19(26-6)14(3)20(24)27-7/h13-16,18-19,21H,8-12H2,1-7H3/t13-,14+,15-,16+,18-,19+/m0/s1. The molecule has 0 aromatic rings. The van der Waals surface area contributed by atoms with Crippen LogP contribution in [0.3, 0.4) is 0 Å². The van der Waals surface area contributed by atoms with Gasteiger partial charge in [-0.3, -0.25) is 9.59 Å². The molecule has 1 saturated heterocycles. The van der Waals surface area contributed by atoms with E-state index in [4.69, 9.17) is 14.2 Å². The molecule has 0 radical (unpaired) electrons. The van der Waals surface area contributed by atoms with Crippen molar-refractivity contribution in [2.24, 2.45) is 11.8 Å². The van der Waals surface area contributed by atoms with Crippen molar-refractivity contribution in [1.29, 1.82) is 0 Å². The number of esters is 1. The van der Waals surface area contributed by atoms with Crippen LogP contribution in [-0.4, -0.2) is 76.0 Å². The van der Waals surface area contributed by atoms with Crippen molar-refractivity contribution in [3.63, 3.8) is 0 Å². The third kappa shape index (κ3) is 5.90. The first-order valence-electron chi connectivity index (χ1n) is 9.96. The summed E-state index contributed by atoms with van der Waals surface area (Å²) in [6.45, 7) is 6.77. The summed E-state index contributed by atoms with van der Waals surface area (Å²) >= 11 is 0. The zero-order valence-electron chi connectivity index (χ0n) is 18.0. The van der Waals surface area contributed by atoms with E-state index in [1.165, 1.54) is 7.11 Å². The van der Waals surface area contributed by atoms with E-state index in [0.29, 0.717) is 18.9 Å². The molecule has 0 bridgehead atoms. The van der Waals surface area contributed by atoms with Crippen LogP contribution in [0.25, 0.3) is 0 Å². The van der Waals surface area contributed by atoms with E-state index in [9.17, 15) is 9.59 Å². The third-order valence-corrected chi connectivity index (χ3v) is 6.01. The van der Waals surface area contributed by atoms with E-state index in [-0.39, 0.29) is 36.2 Å². The lowest BCUT2D eigenvalue weighted by Gasteiger charge is -2.35. The van der Waals surface area contributed by atoms with Gasteiger partial charge in [-0.05, 0) is 32.7 Å². The molecular formula is C20H38N2O5. The normalized spacial score (nSPS) is 22.8. The van der Waals surface area contributed by atoms with Crippen LogP contribution in [0.5, 0.6) is 0 Å². The molecule has 1 amide bonds. The largest absolute Gasteiger partial charge is 0.469 e. The molecular weight excluding hydrogens is 348 g/mol. The van der Waals surface area contributed by atoms with Crippen LogP contribution in [0, 0.1) is 11.8 Å². The number of hydrogen-bond donors (Lipinski definition) is 1. The van der Waals surface area contributed by atoms with Crippen LogP contribution in [0.2, 0.25) is 0 Å². The number of ether oxygens (including phenoxy) is 3. The lowest BCUT2D eigenvalue weighted by atomic mass is 9.92. The number of carbonyl (C=O) groups excluding carboxylic acids is 2. The highest BCUT2D eigenvalue weighted by atomic mass is 16.5. The van der Waals surface area contributed by atoms with Gasteiger partial charge >= 0.3 is 5.97 Å². The first kappa shape index (κ1) is 23.9. The number of methoxy groups -OCH3 is 3. The minimum Gasteiger partial charge on any atom is -0.469 e. The van der Waals surface area contributed by atoms with Gasteiger partial charge in [0.15, 0.2) is 0 Å². The molecule has 1 N–H and O–H groups in total. The molecule has 0 saturated carbocycles. The van der Waals surface area contributed by atoms with Gasteiger partial charge < -0.3 is 24.4 Å². The van der Waals surface area contributed by atoms with Gasteiger partial charge in [0.2, 0.25) is 5.91 Å². The van der Waals surface area contributed by atoms with Crippen LogP contribution in [-0.2, 0) is 23.8 Å². The Morgan fingerprint density at radius 3 is 2.33 bits per heavy atom. The van der Waals surface area contributed by atoms with E-state index in [1.54, 1.807) is 21.1 Å². The van der Waals surface area contributed by atoms with Gasteiger partial charge in [-0.25, -0.2) is 0 Å². The molecule has 1 fully saturated rings. The maximum Gasteiger partial charge on any atom is 0.311 e. The fourth-order valence-corrected chi connectivity index (χ4v) is 4.20. The molecule has 7 heteroatoms. The van der Waals surface area contributed by atoms with Gasteiger partial charge in [-0.15, -0.1) is 0 Å². The third-order valence-electron chi connectivity index (χ3n) is 6.01. The first-order valence-corrected chi connectivity index (χ1v) is 9.96. The van der Waals surface area contributed by atoms with Gasteiger partial charge in [-0.1, -0.05) is 20.3 Å². The van der Waals surface area contributed by atoms with E-state index in [2.05, 4.69) is 19.2 Å². The monoisotopic (exact) mass is 386 g/mol. The van der Waals surface area contributed by atoms with Crippen molar-refractivity contribution in [1.82, 2.24) is 10.2 Å². The van der Waals surface area contributed by atoms with Gasteiger partial charge in [0.05, 0.1) is 37.7 Å². The minimum absolute atomic E-state index is 0.0482. The predicted molar refractivity (Wildman–Crippen MR) is 104 cm³/mol. The number of nitrogens with one attached hydrogen (secondary N) is 1. The Kier molecular flexibility index (Phi) is 10.3. The lowest BCUT2D eigenvalue weighted by Crippen LogP contribution is -2.50. The summed E-state index contributed by atoms with van der Waals surface area (Å²) in [4.78, 5) is 26.9. The summed E-state index contributed by atoms with van der Waals surface area (Å²) in [7, 11) is 6.52. The lowest BCUT2D eigenvalue weighted by molar-refractivity contribution is -0.154. The fourth-order valence-electron chi connectivity index (χ4n) is 4.20. The molecule has 1 aliphatic rings. The quantitative estimate of drug-likeness (QED) is 0.546. The van der Waals surface area contributed by atoms with Crippen LogP contribution < -0.4 is 5.32 Å². The van der Waals surface area contributed by atoms with Crippen LogP contribution >= 0.6 is 0 Å². The number of likely N-dealkylation sites (tertiary alicyclic amines) is 1. The number of amides is 1. The van der Waals surface area contributed by atoms with Gasteiger partial charge in [0.25, 0.3) is 0 Å². The van der Waals surface area contributed by atoms with Crippen molar-refractivity contribution in [2.75, 3.05) is 34.9 Å². The SMILES string of the molecule is CC[C@H](C)[C@H](NC)[C@@H](CC(=O)N1CCC[C@H]1[C@H](OC)[C@@H](C)C(=O)OC)OC.